The van der Waals surface area contributed by atoms with Gasteiger partial charge in [-0.1, -0.05) is 31.4 Å². The van der Waals surface area contributed by atoms with Crippen LogP contribution in [-0.2, 0) is 18.3 Å². The van der Waals surface area contributed by atoms with E-state index < -0.39 is 11.3 Å². The Bertz CT molecular complexity index is 1320. The number of nitrogens with one attached hydrogen (secondary N) is 2. The third-order valence-corrected chi connectivity index (χ3v) is 8.53. The van der Waals surface area contributed by atoms with Crippen molar-refractivity contribution in [3.8, 4) is 6.07 Å². The van der Waals surface area contributed by atoms with Crippen molar-refractivity contribution in [2.45, 2.75) is 49.6 Å². The predicted octanol–water partition coefficient (Wildman–Crippen LogP) is 2.52. The third-order valence-electron chi connectivity index (χ3n) is 8.53. The topological polar surface area (TPSA) is 158 Å². The zero-order chi connectivity index (χ0) is 27.2. The SMILES string of the molecule is C=C(N)c1ccc2c(c1)CCc1cc(C(N)=O)ccc1C2(CCNCC(=C)N1C(C#N)C[C@@H]2C[C@@H]21)C(=N)N. The van der Waals surface area contributed by atoms with Gasteiger partial charge < -0.3 is 27.4 Å². The highest BCUT2D eigenvalue weighted by molar-refractivity contribution is 5.96. The first-order valence-electron chi connectivity index (χ1n) is 13.1. The Morgan fingerprint density at radius 3 is 2.29 bits per heavy atom. The van der Waals surface area contributed by atoms with Crippen molar-refractivity contribution >= 4 is 17.4 Å². The van der Waals surface area contributed by atoms with E-state index >= 15 is 0 Å². The van der Waals surface area contributed by atoms with Crippen molar-refractivity contribution in [2.24, 2.45) is 23.1 Å². The van der Waals surface area contributed by atoms with Crippen LogP contribution < -0.4 is 22.5 Å². The Balaban J connectivity index is 1.46. The highest BCUT2D eigenvalue weighted by Gasteiger charge is 2.52. The highest BCUT2D eigenvalue weighted by atomic mass is 16.1. The summed E-state index contributed by atoms with van der Waals surface area (Å²) < 4.78 is 0. The second-order valence-electron chi connectivity index (χ2n) is 10.8. The molecule has 1 saturated heterocycles. The minimum atomic E-state index is -0.898. The van der Waals surface area contributed by atoms with E-state index in [1.165, 1.54) is 0 Å². The molecule has 8 nitrogen and oxygen atoms in total. The second-order valence-corrected chi connectivity index (χ2v) is 10.8. The van der Waals surface area contributed by atoms with E-state index in [2.05, 4.69) is 29.4 Å². The molecule has 0 bridgehead atoms. The maximum atomic E-state index is 11.9. The van der Waals surface area contributed by atoms with Crippen LogP contribution >= 0.6 is 0 Å². The molecule has 2 aliphatic carbocycles. The summed E-state index contributed by atoms with van der Waals surface area (Å²) >= 11 is 0. The largest absolute Gasteiger partial charge is 0.399 e. The number of nitrogens with zero attached hydrogens (tertiary/aromatic N) is 2. The molecule has 38 heavy (non-hydrogen) atoms. The minimum Gasteiger partial charge on any atom is -0.399 e. The maximum Gasteiger partial charge on any atom is 0.248 e. The number of rotatable bonds is 9. The van der Waals surface area contributed by atoms with Crippen molar-refractivity contribution in [1.82, 2.24) is 10.2 Å². The fourth-order valence-corrected chi connectivity index (χ4v) is 6.52. The van der Waals surface area contributed by atoms with Crippen LogP contribution in [-0.4, -0.2) is 41.8 Å². The summed E-state index contributed by atoms with van der Waals surface area (Å²) in [6.07, 6.45) is 3.98. The molecule has 1 amide bonds. The van der Waals surface area contributed by atoms with Crippen molar-refractivity contribution in [1.29, 1.82) is 10.7 Å². The normalized spacial score (nSPS) is 24.8. The van der Waals surface area contributed by atoms with Crippen molar-refractivity contribution in [3.63, 3.8) is 0 Å². The number of fused-ring (bicyclic) bond motifs is 3. The first-order valence-corrected chi connectivity index (χ1v) is 13.1. The zero-order valence-corrected chi connectivity index (χ0v) is 21.6. The van der Waals surface area contributed by atoms with Crippen LogP contribution in [0.4, 0.5) is 0 Å². The Hall–Kier alpha value is -4.09. The molecule has 1 aliphatic heterocycles. The molecule has 1 saturated carbocycles. The molecule has 2 unspecified atom stereocenters. The van der Waals surface area contributed by atoms with Gasteiger partial charge in [0.05, 0.1) is 11.5 Å². The smallest absolute Gasteiger partial charge is 0.248 e. The summed E-state index contributed by atoms with van der Waals surface area (Å²) in [6.45, 7) is 9.28. The molecule has 0 spiro atoms. The summed E-state index contributed by atoms with van der Waals surface area (Å²) in [4.78, 5) is 14.1. The molecule has 0 radical (unpaired) electrons. The molecule has 4 atom stereocenters. The molecule has 8 N–H and O–H groups in total. The molecule has 1 heterocycles. The average Bonchev–Trinajstić information content (AvgIpc) is 3.58. The summed E-state index contributed by atoms with van der Waals surface area (Å²) in [6, 6.07) is 14.2. The third kappa shape index (κ3) is 4.23. The lowest BCUT2D eigenvalue weighted by molar-refractivity contribution is 0.1000. The fraction of sp³-hybridized carbons (Fsp3) is 0.367. The van der Waals surface area contributed by atoms with Gasteiger partial charge in [-0.25, -0.2) is 0 Å². The van der Waals surface area contributed by atoms with E-state index in [0.717, 1.165) is 46.4 Å². The van der Waals surface area contributed by atoms with Gasteiger partial charge in [-0.3, -0.25) is 10.2 Å². The van der Waals surface area contributed by atoms with Gasteiger partial charge in [0, 0.05) is 29.5 Å². The summed E-state index contributed by atoms with van der Waals surface area (Å²) in [5, 5.41) is 21.9. The second kappa shape index (κ2) is 9.66. The number of hydrogen-bond donors (Lipinski definition) is 5. The molecule has 196 valence electrons. The summed E-state index contributed by atoms with van der Waals surface area (Å²) in [7, 11) is 0. The van der Waals surface area contributed by atoms with Crippen LogP contribution in [0.3, 0.4) is 0 Å². The van der Waals surface area contributed by atoms with Gasteiger partial charge in [-0.15, -0.1) is 0 Å². The van der Waals surface area contributed by atoms with Crippen LogP contribution in [0.25, 0.3) is 5.70 Å². The minimum absolute atomic E-state index is 0.0404. The number of hydrogen-bond acceptors (Lipinski definition) is 6. The number of carbonyl (C=O) groups is 1. The molecular weight excluding hydrogens is 474 g/mol. The van der Waals surface area contributed by atoms with E-state index in [1.54, 1.807) is 6.07 Å². The molecule has 3 aliphatic rings. The average molecular weight is 510 g/mol. The lowest BCUT2D eigenvalue weighted by Crippen LogP contribution is -2.45. The van der Waals surface area contributed by atoms with Gasteiger partial charge in [0.1, 0.15) is 11.9 Å². The van der Waals surface area contributed by atoms with Crippen LogP contribution in [0.15, 0.2) is 55.3 Å². The first-order chi connectivity index (χ1) is 18.2. The van der Waals surface area contributed by atoms with Crippen LogP contribution in [0.5, 0.6) is 0 Å². The fourth-order valence-electron chi connectivity index (χ4n) is 6.52. The number of nitrogens with two attached hydrogens (primary N) is 3. The Morgan fingerprint density at radius 1 is 1.08 bits per heavy atom. The standard InChI is InChI=1S/C30H35N7O/c1-17(37-24(15-31)13-23-14-27(23)37)16-36-10-9-30(29(34)35)25-7-5-19(18(2)32)11-20(25)3-4-21-12-22(28(33)38)6-8-26(21)30/h5-8,11-12,23-24,27,36H,1-4,9-10,13-14,16,32H2,(H2,33,38)(H3,34,35)/t23-,24?,27+,30?/m1/s1. The number of carbonyl (C=O) groups excluding carboxylic acids is 1. The maximum absolute atomic E-state index is 11.9. The van der Waals surface area contributed by atoms with Crippen molar-refractivity contribution in [2.75, 3.05) is 13.1 Å². The van der Waals surface area contributed by atoms with E-state index in [4.69, 9.17) is 22.6 Å². The Morgan fingerprint density at radius 2 is 1.71 bits per heavy atom. The van der Waals surface area contributed by atoms with E-state index in [0.29, 0.717) is 55.6 Å². The van der Waals surface area contributed by atoms with Gasteiger partial charge in [-0.2, -0.15) is 5.26 Å². The van der Waals surface area contributed by atoms with Gasteiger partial charge in [0.25, 0.3) is 0 Å². The van der Waals surface area contributed by atoms with Gasteiger partial charge >= 0.3 is 0 Å². The zero-order valence-electron chi connectivity index (χ0n) is 21.6. The number of nitriles is 1. The lowest BCUT2D eigenvalue weighted by atomic mass is 9.69. The van der Waals surface area contributed by atoms with Gasteiger partial charge in [-0.05, 0) is 90.6 Å². The molecule has 0 aromatic heterocycles. The van der Waals surface area contributed by atoms with E-state index in [9.17, 15) is 10.1 Å². The molecule has 8 heteroatoms. The van der Waals surface area contributed by atoms with Crippen LogP contribution in [0.2, 0.25) is 0 Å². The number of piperidine rings is 1. The number of amides is 1. The number of aryl methyl sites for hydroxylation is 2. The van der Waals surface area contributed by atoms with E-state index in [-0.39, 0.29) is 11.9 Å². The Kier molecular flexibility index (Phi) is 6.49. The van der Waals surface area contributed by atoms with E-state index in [1.807, 2.05) is 30.3 Å². The Labute approximate surface area is 223 Å². The molecular formula is C30H35N7O. The highest BCUT2D eigenvalue weighted by Crippen LogP contribution is 2.49. The number of amidine groups is 1. The number of benzene rings is 2. The van der Waals surface area contributed by atoms with Gasteiger partial charge in [0.2, 0.25) is 5.91 Å². The molecule has 2 aromatic rings. The first kappa shape index (κ1) is 25.6. The quantitative estimate of drug-likeness (QED) is 0.198. The van der Waals surface area contributed by atoms with Gasteiger partial charge in [0.15, 0.2) is 0 Å². The summed E-state index contributed by atoms with van der Waals surface area (Å²) in [5.74, 6) is 0.176. The number of primary amides is 1. The monoisotopic (exact) mass is 509 g/mol. The lowest BCUT2D eigenvalue weighted by Gasteiger charge is -2.36. The van der Waals surface area contributed by atoms with Crippen molar-refractivity contribution < 1.29 is 4.79 Å². The predicted molar refractivity (Wildman–Crippen MR) is 149 cm³/mol. The number of likely N-dealkylation sites (tertiary alicyclic amines) is 1. The summed E-state index contributed by atoms with van der Waals surface area (Å²) in [5.41, 5.74) is 23.7. The van der Waals surface area contributed by atoms with Crippen LogP contribution in [0, 0.1) is 22.7 Å². The molecule has 2 fully saturated rings. The molecule has 5 rings (SSSR count). The van der Waals surface area contributed by atoms with Crippen LogP contribution in [0.1, 0.15) is 57.4 Å². The van der Waals surface area contributed by atoms with Crippen molar-refractivity contribution in [3.05, 3.63) is 88.6 Å². The molecule has 2 aromatic carbocycles.